The average molecular weight is 264 g/mol. The number of hydrogen-bond acceptors (Lipinski definition) is 3. The highest BCUT2D eigenvalue weighted by molar-refractivity contribution is 7.07. The summed E-state index contributed by atoms with van der Waals surface area (Å²) in [5, 5.41) is 7.64. The Labute approximate surface area is 112 Å². The van der Waals surface area contributed by atoms with Crippen LogP contribution in [0.5, 0.6) is 0 Å². The van der Waals surface area contributed by atoms with Crippen LogP contribution in [0.4, 0.5) is 0 Å². The monoisotopic (exact) mass is 264 g/mol. The summed E-state index contributed by atoms with van der Waals surface area (Å²) >= 11 is 1.73. The highest BCUT2D eigenvalue weighted by Gasteiger charge is 2.34. The van der Waals surface area contributed by atoms with E-state index in [1.165, 1.54) is 5.56 Å². The number of hydrogen-bond donors (Lipinski definition) is 1. The van der Waals surface area contributed by atoms with Crippen molar-refractivity contribution in [2.75, 3.05) is 19.6 Å². The van der Waals surface area contributed by atoms with Crippen LogP contribution in [0.2, 0.25) is 0 Å². The minimum Gasteiger partial charge on any atom is -0.335 e. The highest BCUT2D eigenvalue weighted by Crippen LogP contribution is 2.34. The number of thiophene rings is 1. The van der Waals surface area contributed by atoms with E-state index in [4.69, 9.17) is 0 Å². The van der Waals surface area contributed by atoms with E-state index >= 15 is 0 Å². The molecule has 0 spiro atoms. The number of carbonyl (C=O) groups is 1. The van der Waals surface area contributed by atoms with E-state index in [0.29, 0.717) is 11.9 Å². The Morgan fingerprint density at radius 3 is 3.06 bits per heavy atom. The van der Waals surface area contributed by atoms with Gasteiger partial charge in [0, 0.05) is 13.1 Å². The summed E-state index contributed by atoms with van der Waals surface area (Å²) in [7, 11) is 0. The first kappa shape index (κ1) is 12.2. The maximum absolute atomic E-state index is 12.6. The van der Waals surface area contributed by atoms with Crippen molar-refractivity contribution in [1.82, 2.24) is 10.2 Å². The Hall–Kier alpha value is -0.870. The van der Waals surface area contributed by atoms with Gasteiger partial charge in [0.05, 0.1) is 12.0 Å². The molecule has 2 aliphatic heterocycles. The molecule has 1 aromatic rings. The third-order valence-corrected chi connectivity index (χ3v) is 4.81. The van der Waals surface area contributed by atoms with Crippen molar-refractivity contribution in [3.05, 3.63) is 22.4 Å². The number of nitrogens with zero attached hydrogens (tertiary/aromatic N) is 1. The summed E-state index contributed by atoms with van der Waals surface area (Å²) in [5.74, 6) is 0.578. The van der Waals surface area contributed by atoms with Crippen molar-refractivity contribution in [2.45, 2.75) is 31.7 Å². The van der Waals surface area contributed by atoms with Gasteiger partial charge in [-0.05, 0) is 54.6 Å². The number of carbonyl (C=O) groups excluding carboxylic acids is 1. The molecule has 3 rings (SSSR count). The molecule has 1 N–H and O–H groups in total. The molecule has 0 aromatic carbocycles. The Bertz CT molecular complexity index is 398. The van der Waals surface area contributed by atoms with Gasteiger partial charge in [0.15, 0.2) is 0 Å². The van der Waals surface area contributed by atoms with Gasteiger partial charge in [0.2, 0.25) is 5.91 Å². The minimum atomic E-state index is 0.206. The second kappa shape index (κ2) is 5.41. The molecule has 4 heteroatoms. The Balaban J connectivity index is 1.72. The summed E-state index contributed by atoms with van der Waals surface area (Å²) in [6.07, 6.45) is 4.46. The molecule has 3 heterocycles. The molecule has 2 aliphatic rings. The van der Waals surface area contributed by atoms with Gasteiger partial charge < -0.3 is 10.2 Å². The summed E-state index contributed by atoms with van der Waals surface area (Å²) in [4.78, 5) is 14.7. The normalized spacial score (nSPS) is 28.6. The molecule has 0 aliphatic carbocycles. The standard InChI is InChI=1S/C14H20N2OS/c17-14(11-3-1-6-15-9-11)16-7-2-4-13(16)12-5-8-18-10-12/h5,8,10-11,13,15H,1-4,6-7,9H2. The molecule has 0 saturated carbocycles. The zero-order valence-electron chi connectivity index (χ0n) is 10.6. The molecule has 2 unspecified atom stereocenters. The van der Waals surface area contributed by atoms with Gasteiger partial charge in [-0.2, -0.15) is 11.3 Å². The third-order valence-electron chi connectivity index (χ3n) is 4.11. The first-order valence-corrected chi connectivity index (χ1v) is 7.84. The second-order valence-electron chi connectivity index (χ2n) is 5.29. The van der Waals surface area contributed by atoms with E-state index < -0.39 is 0 Å². The van der Waals surface area contributed by atoms with Gasteiger partial charge in [-0.15, -0.1) is 0 Å². The predicted octanol–water partition coefficient (Wildman–Crippen LogP) is 2.41. The van der Waals surface area contributed by atoms with Crippen molar-refractivity contribution in [3.63, 3.8) is 0 Å². The summed E-state index contributed by atoms with van der Waals surface area (Å²) < 4.78 is 0. The zero-order valence-corrected chi connectivity index (χ0v) is 11.4. The van der Waals surface area contributed by atoms with Crippen molar-refractivity contribution < 1.29 is 4.79 Å². The lowest BCUT2D eigenvalue weighted by molar-refractivity contribution is -0.137. The molecule has 1 amide bonds. The largest absolute Gasteiger partial charge is 0.335 e. The minimum absolute atomic E-state index is 0.206. The van der Waals surface area contributed by atoms with Crippen LogP contribution in [0.15, 0.2) is 16.8 Å². The summed E-state index contributed by atoms with van der Waals surface area (Å²) in [6.45, 7) is 2.87. The summed E-state index contributed by atoms with van der Waals surface area (Å²) in [6, 6.07) is 2.51. The fourth-order valence-corrected chi connectivity index (χ4v) is 3.85. The summed E-state index contributed by atoms with van der Waals surface area (Å²) in [5.41, 5.74) is 1.33. The fourth-order valence-electron chi connectivity index (χ4n) is 3.14. The van der Waals surface area contributed by atoms with Crippen molar-refractivity contribution in [2.24, 2.45) is 5.92 Å². The van der Waals surface area contributed by atoms with Crippen LogP contribution in [0, 0.1) is 5.92 Å². The lowest BCUT2D eigenvalue weighted by Crippen LogP contribution is -2.42. The van der Waals surface area contributed by atoms with Gasteiger partial charge in [-0.3, -0.25) is 4.79 Å². The number of likely N-dealkylation sites (tertiary alicyclic amines) is 1. The Morgan fingerprint density at radius 2 is 2.33 bits per heavy atom. The Morgan fingerprint density at radius 1 is 1.39 bits per heavy atom. The average Bonchev–Trinajstić information content (AvgIpc) is 3.09. The van der Waals surface area contributed by atoms with Crippen LogP contribution in [-0.2, 0) is 4.79 Å². The molecule has 2 fully saturated rings. The maximum atomic E-state index is 12.6. The molecule has 0 radical (unpaired) electrons. The molecule has 3 nitrogen and oxygen atoms in total. The van der Waals surface area contributed by atoms with Gasteiger partial charge in [0.1, 0.15) is 0 Å². The molecular weight excluding hydrogens is 244 g/mol. The predicted molar refractivity (Wildman–Crippen MR) is 73.6 cm³/mol. The molecule has 98 valence electrons. The van der Waals surface area contributed by atoms with E-state index in [9.17, 15) is 4.79 Å². The van der Waals surface area contributed by atoms with Crippen LogP contribution >= 0.6 is 11.3 Å². The van der Waals surface area contributed by atoms with E-state index in [-0.39, 0.29) is 5.92 Å². The maximum Gasteiger partial charge on any atom is 0.227 e. The SMILES string of the molecule is O=C(C1CCCNC1)N1CCCC1c1ccsc1. The highest BCUT2D eigenvalue weighted by atomic mass is 32.1. The lowest BCUT2D eigenvalue weighted by atomic mass is 9.97. The lowest BCUT2D eigenvalue weighted by Gasteiger charge is -2.30. The van der Waals surface area contributed by atoms with Gasteiger partial charge in [-0.25, -0.2) is 0 Å². The van der Waals surface area contributed by atoms with Crippen molar-refractivity contribution in [1.29, 1.82) is 0 Å². The van der Waals surface area contributed by atoms with Gasteiger partial charge in [-0.1, -0.05) is 0 Å². The van der Waals surface area contributed by atoms with Gasteiger partial charge >= 0.3 is 0 Å². The topological polar surface area (TPSA) is 32.3 Å². The molecule has 2 atom stereocenters. The van der Waals surface area contributed by atoms with E-state index in [1.54, 1.807) is 11.3 Å². The number of amides is 1. The first-order valence-electron chi connectivity index (χ1n) is 6.89. The molecule has 1 aromatic heterocycles. The smallest absolute Gasteiger partial charge is 0.227 e. The fraction of sp³-hybridized carbons (Fsp3) is 0.643. The van der Waals surface area contributed by atoms with Crippen LogP contribution in [0.25, 0.3) is 0 Å². The van der Waals surface area contributed by atoms with Crippen LogP contribution in [0.3, 0.4) is 0 Å². The van der Waals surface area contributed by atoms with Crippen molar-refractivity contribution in [3.8, 4) is 0 Å². The number of nitrogens with one attached hydrogen (secondary N) is 1. The number of piperidine rings is 1. The molecule has 18 heavy (non-hydrogen) atoms. The van der Waals surface area contributed by atoms with Crippen LogP contribution in [0.1, 0.15) is 37.3 Å². The second-order valence-corrected chi connectivity index (χ2v) is 6.07. The quantitative estimate of drug-likeness (QED) is 0.889. The third kappa shape index (κ3) is 2.31. The molecular formula is C14H20N2OS. The van der Waals surface area contributed by atoms with E-state index in [0.717, 1.165) is 45.3 Å². The molecule has 2 saturated heterocycles. The molecule has 0 bridgehead atoms. The van der Waals surface area contributed by atoms with E-state index in [2.05, 4.69) is 27.0 Å². The van der Waals surface area contributed by atoms with Crippen LogP contribution < -0.4 is 5.32 Å². The van der Waals surface area contributed by atoms with Gasteiger partial charge in [0.25, 0.3) is 0 Å². The van der Waals surface area contributed by atoms with Crippen LogP contribution in [-0.4, -0.2) is 30.4 Å². The van der Waals surface area contributed by atoms with Crippen molar-refractivity contribution >= 4 is 17.2 Å². The number of rotatable bonds is 2. The zero-order chi connectivity index (χ0) is 12.4. The first-order chi connectivity index (χ1) is 8.86. The van der Waals surface area contributed by atoms with E-state index in [1.807, 2.05) is 0 Å². The Kier molecular flexibility index (Phi) is 3.66.